The zero-order chi connectivity index (χ0) is 30.5. The van der Waals surface area contributed by atoms with E-state index in [9.17, 15) is 0 Å². The Labute approximate surface area is 265 Å². The molecule has 0 radical (unpaired) electrons. The minimum Gasteiger partial charge on any atom is -0.338 e. The maximum atomic E-state index is 5.07. The van der Waals surface area contributed by atoms with Gasteiger partial charge < -0.3 is 10.6 Å². The predicted molar refractivity (Wildman–Crippen MR) is 190 cm³/mol. The number of nitrogens with one attached hydrogen (secondary N) is 2. The van der Waals surface area contributed by atoms with E-state index in [1.807, 2.05) is 48.5 Å². The smallest absolute Gasteiger partial charge is 0.140 e. The number of fused-ring (bicyclic) bond motifs is 6. The minimum absolute atomic E-state index is 0.751. The third kappa shape index (κ3) is 4.27. The van der Waals surface area contributed by atoms with Crippen molar-refractivity contribution in [3.63, 3.8) is 0 Å². The molecule has 9 rings (SSSR count). The summed E-state index contributed by atoms with van der Waals surface area (Å²) >= 11 is 0. The molecule has 218 valence electrons. The van der Waals surface area contributed by atoms with Gasteiger partial charge in [-0.2, -0.15) is 0 Å². The van der Waals surface area contributed by atoms with Gasteiger partial charge in [0.25, 0.3) is 0 Å². The van der Waals surface area contributed by atoms with Gasteiger partial charge in [0.15, 0.2) is 0 Å². The average molecular weight is 593 g/mol. The van der Waals surface area contributed by atoms with Crippen molar-refractivity contribution in [1.82, 2.24) is 19.1 Å². The number of anilines is 4. The van der Waals surface area contributed by atoms with E-state index in [0.717, 1.165) is 56.7 Å². The van der Waals surface area contributed by atoms with Gasteiger partial charge in [0.2, 0.25) is 0 Å². The molecule has 0 aliphatic heterocycles. The molecule has 0 aliphatic rings. The Morgan fingerprint density at radius 1 is 0.326 bits per heavy atom. The summed E-state index contributed by atoms with van der Waals surface area (Å²) in [5.74, 6) is 3.21. The second kappa shape index (κ2) is 10.6. The van der Waals surface area contributed by atoms with Gasteiger partial charge >= 0.3 is 0 Å². The van der Waals surface area contributed by atoms with Crippen molar-refractivity contribution >= 4 is 66.6 Å². The monoisotopic (exact) mass is 592 g/mol. The molecule has 0 saturated carbocycles. The van der Waals surface area contributed by atoms with Crippen LogP contribution < -0.4 is 10.6 Å². The summed E-state index contributed by atoms with van der Waals surface area (Å²) < 4.78 is 4.45. The van der Waals surface area contributed by atoms with Crippen LogP contribution in [0.25, 0.3) is 55.2 Å². The molecule has 0 saturated heterocycles. The molecule has 2 N–H and O–H groups in total. The Morgan fingerprint density at radius 3 is 1.02 bits per heavy atom. The first-order valence-electron chi connectivity index (χ1n) is 15.4. The van der Waals surface area contributed by atoms with Crippen molar-refractivity contribution in [1.29, 1.82) is 0 Å². The third-order valence-electron chi connectivity index (χ3n) is 8.54. The summed E-state index contributed by atoms with van der Waals surface area (Å²) in [5, 5.41) is 12.0. The number of benzene rings is 5. The summed E-state index contributed by atoms with van der Waals surface area (Å²) in [6, 6.07) is 54.2. The first-order valence-corrected chi connectivity index (χ1v) is 15.4. The topological polar surface area (TPSA) is 59.7 Å². The van der Waals surface area contributed by atoms with Gasteiger partial charge in [0, 0.05) is 21.5 Å². The number of hydrogen-bond donors (Lipinski definition) is 2. The van der Waals surface area contributed by atoms with Crippen LogP contribution in [0.5, 0.6) is 0 Å². The van der Waals surface area contributed by atoms with Crippen molar-refractivity contribution in [2.45, 2.75) is 0 Å². The largest absolute Gasteiger partial charge is 0.338 e. The number of pyridine rings is 2. The highest BCUT2D eigenvalue weighted by atomic mass is 15.1. The molecular formula is C40H28N6. The zero-order valence-electron chi connectivity index (χ0n) is 24.8. The van der Waals surface area contributed by atoms with Crippen LogP contribution >= 0.6 is 0 Å². The van der Waals surface area contributed by atoms with E-state index in [1.54, 1.807) is 0 Å². The van der Waals surface area contributed by atoms with Gasteiger partial charge in [-0.1, -0.05) is 97.1 Å². The molecule has 5 aromatic carbocycles. The van der Waals surface area contributed by atoms with Crippen molar-refractivity contribution in [3.05, 3.63) is 158 Å². The average Bonchev–Trinajstić information content (AvgIpc) is 3.63. The molecule has 4 heterocycles. The molecule has 6 nitrogen and oxygen atoms in total. The molecule has 0 atom stereocenters. The van der Waals surface area contributed by atoms with Crippen LogP contribution in [-0.2, 0) is 0 Å². The number of aromatic nitrogens is 4. The Balaban J connectivity index is 1.07. The number of hydrogen-bond acceptors (Lipinski definition) is 4. The van der Waals surface area contributed by atoms with Crippen molar-refractivity contribution < 1.29 is 0 Å². The Bertz CT molecular complexity index is 2270. The second-order valence-corrected chi connectivity index (χ2v) is 11.3. The highest BCUT2D eigenvalue weighted by Gasteiger charge is 2.15. The lowest BCUT2D eigenvalue weighted by Crippen LogP contribution is -2.04. The molecular weight excluding hydrogens is 564 g/mol. The summed E-state index contributed by atoms with van der Waals surface area (Å²) in [7, 11) is 0. The van der Waals surface area contributed by atoms with Gasteiger partial charge in [-0.25, -0.2) is 9.97 Å². The molecule has 0 bridgehead atoms. The van der Waals surface area contributed by atoms with Gasteiger partial charge in [0.05, 0.1) is 33.4 Å². The van der Waals surface area contributed by atoms with Crippen LogP contribution in [-0.4, -0.2) is 19.1 Å². The normalized spacial score (nSPS) is 11.5. The van der Waals surface area contributed by atoms with Crippen LogP contribution in [0.2, 0.25) is 0 Å². The molecule has 0 aliphatic carbocycles. The fraction of sp³-hybridized carbons (Fsp3) is 0. The Kier molecular flexibility index (Phi) is 6.03. The van der Waals surface area contributed by atoms with Gasteiger partial charge in [0.1, 0.15) is 23.3 Å². The molecule has 0 spiro atoms. The molecule has 0 fully saturated rings. The highest BCUT2D eigenvalue weighted by Crippen LogP contribution is 2.34. The van der Waals surface area contributed by atoms with E-state index in [4.69, 9.17) is 9.97 Å². The lowest BCUT2D eigenvalue weighted by atomic mass is 10.2. The van der Waals surface area contributed by atoms with Crippen LogP contribution in [0.3, 0.4) is 0 Å². The van der Waals surface area contributed by atoms with E-state index >= 15 is 0 Å². The van der Waals surface area contributed by atoms with E-state index in [1.165, 1.54) is 21.5 Å². The third-order valence-corrected chi connectivity index (χ3v) is 8.54. The Hall–Kier alpha value is -6.40. The van der Waals surface area contributed by atoms with Gasteiger partial charge in [-0.15, -0.1) is 0 Å². The molecule has 46 heavy (non-hydrogen) atoms. The molecule has 0 unspecified atom stereocenters. The van der Waals surface area contributed by atoms with Crippen LogP contribution in [0.4, 0.5) is 23.0 Å². The van der Waals surface area contributed by atoms with Gasteiger partial charge in [-0.3, -0.25) is 9.13 Å². The Morgan fingerprint density at radius 2 is 0.652 bits per heavy atom. The van der Waals surface area contributed by atoms with Crippen molar-refractivity contribution in [2.75, 3.05) is 10.6 Å². The van der Waals surface area contributed by atoms with E-state index in [-0.39, 0.29) is 0 Å². The standard InChI is InChI=1S/C40H28N6/c1-7-19-33-27(13-1)28-14-2-8-20-34(28)45(33)39-25-11-23-37(43-39)41-31-17-5-6-18-32(31)42-38-24-12-26-40(44-38)46-35-21-9-3-15-29(35)30-16-4-10-22-36(30)46/h1-26H,(H,41,43)(H,42,44). The fourth-order valence-electron chi connectivity index (χ4n) is 6.55. The van der Waals surface area contributed by atoms with E-state index in [2.05, 4.69) is 129 Å². The maximum absolute atomic E-state index is 5.07. The number of para-hydroxylation sites is 6. The summed E-state index contributed by atoms with van der Waals surface area (Å²) in [6.45, 7) is 0. The molecule has 9 aromatic rings. The fourth-order valence-corrected chi connectivity index (χ4v) is 6.55. The van der Waals surface area contributed by atoms with Crippen molar-refractivity contribution in [2.24, 2.45) is 0 Å². The van der Waals surface area contributed by atoms with Gasteiger partial charge in [-0.05, 0) is 60.7 Å². The van der Waals surface area contributed by atoms with Crippen LogP contribution in [0.1, 0.15) is 0 Å². The first kappa shape index (κ1) is 26.0. The lowest BCUT2D eigenvalue weighted by Gasteiger charge is -2.15. The highest BCUT2D eigenvalue weighted by molar-refractivity contribution is 6.10. The molecule has 4 aromatic heterocycles. The summed E-state index contributed by atoms with van der Waals surface area (Å²) in [6.07, 6.45) is 0. The SMILES string of the molecule is c1cc(Nc2ccccc2Nc2cccc(-n3c4ccccc4c4ccccc43)n2)nc(-n2c3ccccc3c3ccccc32)c1. The zero-order valence-corrected chi connectivity index (χ0v) is 24.8. The second-order valence-electron chi connectivity index (χ2n) is 11.3. The van der Waals surface area contributed by atoms with Crippen LogP contribution in [0, 0.1) is 0 Å². The predicted octanol–water partition coefficient (Wildman–Crippen LogP) is 10.2. The van der Waals surface area contributed by atoms with Crippen LogP contribution in [0.15, 0.2) is 158 Å². The maximum Gasteiger partial charge on any atom is 0.140 e. The molecule has 6 heteroatoms. The van der Waals surface area contributed by atoms with Crippen molar-refractivity contribution in [3.8, 4) is 11.6 Å². The summed E-state index contributed by atoms with van der Waals surface area (Å²) in [5.41, 5.74) is 6.32. The first-order chi connectivity index (χ1) is 22.8. The molecule has 0 amide bonds. The minimum atomic E-state index is 0.751. The number of nitrogens with zero attached hydrogens (tertiary/aromatic N) is 4. The quantitative estimate of drug-likeness (QED) is 0.202. The van der Waals surface area contributed by atoms with E-state index in [0.29, 0.717) is 0 Å². The lowest BCUT2D eigenvalue weighted by molar-refractivity contribution is 1.08. The summed E-state index contributed by atoms with van der Waals surface area (Å²) in [4.78, 5) is 10.1. The number of rotatable bonds is 6. The van der Waals surface area contributed by atoms with E-state index < -0.39 is 0 Å².